The monoisotopic (exact) mass is 510 g/mol. The summed E-state index contributed by atoms with van der Waals surface area (Å²) in [6.07, 6.45) is -1.24. The predicted molar refractivity (Wildman–Crippen MR) is 126 cm³/mol. The molecule has 0 saturated heterocycles. The van der Waals surface area contributed by atoms with Crippen molar-refractivity contribution < 1.29 is 48.0 Å². The van der Waals surface area contributed by atoms with E-state index in [2.05, 4.69) is 10.6 Å². The van der Waals surface area contributed by atoms with Gasteiger partial charge in [0.25, 0.3) is 0 Å². The molecule has 0 aliphatic heterocycles. The molecule has 1 atom stereocenters. The number of rotatable bonds is 16. The summed E-state index contributed by atoms with van der Waals surface area (Å²) in [5, 5.41) is 14.6. The summed E-state index contributed by atoms with van der Waals surface area (Å²) in [7, 11) is 1.47. The van der Waals surface area contributed by atoms with E-state index in [9.17, 15) is 29.1 Å². The molecule has 36 heavy (non-hydrogen) atoms. The van der Waals surface area contributed by atoms with Crippen molar-refractivity contribution in [1.82, 2.24) is 10.6 Å². The minimum atomic E-state index is -1.48. The zero-order valence-electron chi connectivity index (χ0n) is 21.0. The molecule has 12 nitrogen and oxygen atoms in total. The minimum Gasteiger partial charge on any atom is -0.490 e. The molecule has 200 valence electrons. The van der Waals surface area contributed by atoms with Gasteiger partial charge in [-0.05, 0) is 45.0 Å². The Balaban J connectivity index is 2.16. The third-order valence-electron chi connectivity index (χ3n) is 4.55. The molecule has 1 unspecified atom stereocenters. The van der Waals surface area contributed by atoms with E-state index in [4.69, 9.17) is 18.9 Å². The summed E-state index contributed by atoms with van der Waals surface area (Å²) in [6.45, 7) is 4.62. The summed E-state index contributed by atoms with van der Waals surface area (Å²) in [6, 6.07) is 6.14. The Morgan fingerprint density at radius 2 is 1.42 bits per heavy atom. The van der Waals surface area contributed by atoms with Gasteiger partial charge >= 0.3 is 11.9 Å². The zero-order valence-corrected chi connectivity index (χ0v) is 21.0. The largest absolute Gasteiger partial charge is 0.490 e. The van der Waals surface area contributed by atoms with Gasteiger partial charge in [0.2, 0.25) is 11.8 Å². The Morgan fingerprint density at radius 1 is 0.889 bits per heavy atom. The fraction of sp³-hybridized carbons (Fsp3) is 0.542. The van der Waals surface area contributed by atoms with Crippen LogP contribution in [0.15, 0.2) is 24.3 Å². The number of benzene rings is 1. The number of ether oxygens (including phenoxy) is 4. The van der Waals surface area contributed by atoms with E-state index >= 15 is 0 Å². The average Bonchev–Trinajstić information content (AvgIpc) is 2.82. The molecule has 0 radical (unpaired) electrons. The molecule has 12 heteroatoms. The van der Waals surface area contributed by atoms with E-state index < -0.39 is 48.0 Å². The average molecular weight is 511 g/mol. The third-order valence-corrected chi connectivity index (χ3v) is 4.55. The van der Waals surface area contributed by atoms with Crippen LogP contribution in [-0.4, -0.2) is 86.4 Å². The van der Waals surface area contributed by atoms with Crippen molar-refractivity contribution >= 4 is 29.5 Å². The van der Waals surface area contributed by atoms with Crippen molar-refractivity contribution in [3.05, 3.63) is 29.8 Å². The molecule has 1 rings (SSSR count). The van der Waals surface area contributed by atoms with E-state index in [-0.39, 0.29) is 39.0 Å². The third kappa shape index (κ3) is 12.8. The Hall–Kier alpha value is -3.51. The van der Waals surface area contributed by atoms with Crippen LogP contribution in [0.4, 0.5) is 0 Å². The molecule has 0 fully saturated rings. The number of Topliss-reactive ketones (excluding diaryl/α,β-unsaturated/α-hetero) is 1. The number of hydrogen-bond donors (Lipinski definition) is 3. The predicted octanol–water partition coefficient (Wildman–Crippen LogP) is 0.153. The van der Waals surface area contributed by atoms with E-state index in [0.29, 0.717) is 11.3 Å². The van der Waals surface area contributed by atoms with Crippen LogP contribution in [-0.2, 0) is 33.4 Å². The first-order valence-corrected chi connectivity index (χ1v) is 11.3. The molecule has 0 aliphatic carbocycles. The highest BCUT2D eigenvalue weighted by atomic mass is 16.6. The number of carbonyl (C=O) groups excluding carboxylic acids is 5. The SMILES string of the molecule is COC(C)COC(=O)CC(=O)NCCNC(=O)CC(=O)OCCOc1ccc(C(=O)C(C)(C)O)cc1. The van der Waals surface area contributed by atoms with Gasteiger partial charge in [0.05, 0.1) is 6.10 Å². The molecule has 0 saturated carbocycles. The van der Waals surface area contributed by atoms with E-state index in [0.717, 1.165) is 0 Å². The van der Waals surface area contributed by atoms with Crippen LogP contribution in [0.25, 0.3) is 0 Å². The van der Waals surface area contributed by atoms with Crippen molar-refractivity contribution in [2.24, 2.45) is 0 Å². The Morgan fingerprint density at radius 3 is 1.92 bits per heavy atom. The number of ketones is 1. The van der Waals surface area contributed by atoms with Gasteiger partial charge in [-0.3, -0.25) is 24.0 Å². The molecule has 0 heterocycles. The lowest BCUT2D eigenvalue weighted by molar-refractivity contribution is -0.150. The Kier molecular flexibility index (Phi) is 13.1. The lowest BCUT2D eigenvalue weighted by Gasteiger charge is -2.15. The first-order chi connectivity index (χ1) is 16.9. The molecule has 1 aromatic rings. The molecular weight excluding hydrogens is 476 g/mol. The van der Waals surface area contributed by atoms with Gasteiger partial charge < -0.3 is 34.7 Å². The summed E-state index contributed by atoms with van der Waals surface area (Å²) >= 11 is 0. The second kappa shape index (κ2) is 15.5. The van der Waals surface area contributed by atoms with E-state index in [1.807, 2.05) is 0 Å². The topological polar surface area (TPSA) is 167 Å². The molecule has 0 aromatic heterocycles. The zero-order chi connectivity index (χ0) is 27.1. The number of nitrogens with one attached hydrogen (secondary N) is 2. The lowest BCUT2D eigenvalue weighted by atomic mass is 9.97. The number of hydrogen-bond acceptors (Lipinski definition) is 10. The molecule has 2 amide bonds. The van der Waals surface area contributed by atoms with Crippen molar-refractivity contribution in [3.8, 4) is 5.75 Å². The highest BCUT2D eigenvalue weighted by molar-refractivity contribution is 6.01. The van der Waals surface area contributed by atoms with Gasteiger partial charge in [0, 0.05) is 25.8 Å². The Labute approximate surface area is 209 Å². The molecule has 0 aliphatic rings. The number of methoxy groups -OCH3 is 1. The van der Waals surface area contributed by atoms with Crippen LogP contribution in [0.5, 0.6) is 5.75 Å². The van der Waals surface area contributed by atoms with Gasteiger partial charge in [0.15, 0.2) is 5.78 Å². The van der Waals surface area contributed by atoms with Gasteiger partial charge in [0.1, 0.15) is 44.0 Å². The summed E-state index contributed by atoms with van der Waals surface area (Å²) in [5.74, 6) is -2.57. The van der Waals surface area contributed by atoms with Crippen LogP contribution in [0.1, 0.15) is 44.0 Å². The normalized spacial score (nSPS) is 11.7. The first-order valence-electron chi connectivity index (χ1n) is 11.3. The van der Waals surface area contributed by atoms with Crippen molar-refractivity contribution in [1.29, 1.82) is 0 Å². The molecule has 1 aromatic carbocycles. The lowest BCUT2D eigenvalue weighted by Crippen LogP contribution is -2.36. The van der Waals surface area contributed by atoms with Crippen molar-refractivity contribution in [2.45, 2.75) is 45.3 Å². The maximum Gasteiger partial charge on any atom is 0.315 e. The number of aliphatic hydroxyl groups is 1. The summed E-state index contributed by atoms with van der Waals surface area (Å²) < 4.78 is 20.1. The highest BCUT2D eigenvalue weighted by Crippen LogP contribution is 2.17. The smallest absolute Gasteiger partial charge is 0.315 e. The van der Waals surface area contributed by atoms with Crippen LogP contribution < -0.4 is 15.4 Å². The fourth-order valence-electron chi connectivity index (χ4n) is 2.54. The maximum atomic E-state index is 12.0. The maximum absolute atomic E-state index is 12.0. The second-order valence-electron chi connectivity index (χ2n) is 8.26. The number of carbonyl (C=O) groups is 5. The summed E-state index contributed by atoms with van der Waals surface area (Å²) in [5.41, 5.74) is -1.14. The van der Waals surface area contributed by atoms with Crippen LogP contribution in [0, 0.1) is 0 Å². The number of esters is 2. The van der Waals surface area contributed by atoms with Crippen LogP contribution in [0.2, 0.25) is 0 Å². The second-order valence-corrected chi connectivity index (χ2v) is 8.26. The van der Waals surface area contributed by atoms with E-state index in [1.54, 1.807) is 19.1 Å². The Bertz CT molecular complexity index is 893. The molecular formula is C24H34N2O10. The van der Waals surface area contributed by atoms with Gasteiger partial charge in [-0.1, -0.05) is 0 Å². The van der Waals surface area contributed by atoms with Crippen molar-refractivity contribution in [2.75, 3.05) is 40.0 Å². The van der Waals surface area contributed by atoms with Crippen molar-refractivity contribution in [3.63, 3.8) is 0 Å². The standard InChI is InChI=1S/C24H34N2O10/c1-16(33-4)15-36-22(30)14-20(28)26-10-9-25-19(27)13-21(29)35-12-11-34-18-7-5-17(6-8-18)23(31)24(2,3)32/h5-8,16,32H,9-15H2,1-4H3,(H,25,27)(H,26,28). The van der Waals surface area contributed by atoms with Gasteiger partial charge in [-0.15, -0.1) is 0 Å². The quantitative estimate of drug-likeness (QED) is 0.121. The first kappa shape index (κ1) is 30.5. The molecule has 0 spiro atoms. The van der Waals surface area contributed by atoms with Crippen LogP contribution in [0.3, 0.4) is 0 Å². The highest BCUT2D eigenvalue weighted by Gasteiger charge is 2.25. The van der Waals surface area contributed by atoms with Gasteiger partial charge in [-0.25, -0.2) is 0 Å². The minimum absolute atomic E-state index is 0.0327. The van der Waals surface area contributed by atoms with E-state index in [1.165, 1.54) is 33.1 Å². The molecule has 3 N–H and O–H groups in total. The summed E-state index contributed by atoms with van der Waals surface area (Å²) in [4.78, 5) is 58.7. The number of amides is 2. The molecule has 0 bridgehead atoms. The van der Waals surface area contributed by atoms with Crippen LogP contribution >= 0.6 is 0 Å². The van der Waals surface area contributed by atoms with Gasteiger partial charge in [-0.2, -0.15) is 0 Å². The fourth-order valence-corrected chi connectivity index (χ4v) is 2.54.